The van der Waals surface area contributed by atoms with Crippen molar-refractivity contribution in [2.75, 3.05) is 5.32 Å². The van der Waals surface area contributed by atoms with Crippen molar-refractivity contribution in [3.05, 3.63) is 36.0 Å². The fourth-order valence-electron chi connectivity index (χ4n) is 0.803. The van der Waals surface area contributed by atoms with Crippen molar-refractivity contribution in [2.45, 2.75) is 0 Å². The van der Waals surface area contributed by atoms with Crippen LogP contribution in [0, 0.1) is 22.7 Å². The first kappa shape index (κ1) is 9.63. The number of aromatic hydroxyl groups is 1. The second-order valence-electron chi connectivity index (χ2n) is 2.47. The summed E-state index contributed by atoms with van der Waals surface area (Å²) in [7, 11) is 0. The van der Waals surface area contributed by atoms with Crippen LogP contribution in [0.25, 0.3) is 0 Å². The minimum absolute atomic E-state index is 0.00178. The van der Waals surface area contributed by atoms with Crippen molar-refractivity contribution in [3.63, 3.8) is 0 Å². The molecule has 4 nitrogen and oxygen atoms in total. The summed E-state index contributed by atoms with van der Waals surface area (Å²) in [6, 6.07) is 9.73. The topological polar surface area (TPSA) is 79.8 Å². The molecule has 0 aromatic heterocycles. The summed E-state index contributed by atoms with van der Waals surface area (Å²) < 4.78 is 0. The lowest BCUT2D eigenvalue weighted by Crippen LogP contribution is -1.88. The van der Waals surface area contributed by atoms with Crippen molar-refractivity contribution in [1.29, 1.82) is 10.5 Å². The second-order valence-corrected chi connectivity index (χ2v) is 2.47. The van der Waals surface area contributed by atoms with Gasteiger partial charge in [0, 0.05) is 11.9 Å². The van der Waals surface area contributed by atoms with E-state index in [-0.39, 0.29) is 11.3 Å². The molecule has 1 aromatic rings. The smallest absolute Gasteiger partial charge is 0.145 e. The number of hydrogen-bond donors (Lipinski definition) is 2. The summed E-state index contributed by atoms with van der Waals surface area (Å²) in [4.78, 5) is 0. The van der Waals surface area contributed by atoms with Crippen LogP contribution >= 0.6 is 0 Å². The Balaban J connectivity index is 2.73. The Morgan fingerprint density at radius 1 is 1.21 bits per heavy atom. The number of phenolic OH excluding ortho intramolecular Hbond substituents is 1. The molecule has 0 fully saturated rings. The Kier molecular flexibility index (Phi) is 3.12. The van der Waals surface area contributed by atoms with E-state index in [0.717, 1.165) is 0 Å². The van der Waals surface area contributed by atoms with Crippen LogP contribution in [0.3, 0.4) is 0 Å². The highest BCUT2D eigenvalue weighted by molar-refractivity contribution is 5.50. The highest BCUT2D eigenvalue weighted by Gasteiger charge is 1.92. The summed E-state index contributed by atoms with van der Waals surface area (Å²) in [5.74, 6) is 0.167. The third kappa shape index (κ3) is 2.54. The maximum atomic E-state index is 8.98. The monoisotopic (exact) mass is 185 g/mol. The van der Waals surface area contributed by atoms with Gasteiger partial charge in [0.2, 0.25) is 0 Å². The lowest BCUT2D eigenvalue weighted by atomic mass is 10.3. The van der Waals surface area contributed by atoms with E-state index in [1.54, 1.807) is 24.3 Å². The molecule has 0 saturated heterocycles. The Morgan fingerprint density at radius 2 is 1.79 bits per heavy atom. The molecule has 68 valence electrons. The average molecular weight is 185 g/mol. The van der Waals surface area contributed by atoms with E-state index in [9.17, 15) is 0 Å². The first-order valence-corrected chi connectivity index (χ1v) is 3.82. The number of allylic oxidation sites excluding steroid dienone is 1. The van der Waals surface area contributed by atoms with Crippen LogP contribution < -0.4 is 5.32 Å². The highest BCUT2D eigenvalue weighted by atomic mass is 16.3. The number of nitrogens with one attached hydrogen (secondary N) is 1. The van der Waals surface area contributed by atoms with Crippen LogP contribution in [-0.2, 0) is 0 Å². The molecule has 0 radical (unpaired) electrons. The van der Waals surface area contributed by atoms with Crippen LogP contribution in [0.5, 0.6) is 5.75 Å². The van der Waals surface area contributed by atoms with Gasteiger partial charge in [0.25, 0.3) is 0 Å². The maximum absolute atomic E-state index is 8.98. The number of rotatable bonds is 2. The molecule has 0 heterocycles. The fraction of sp³-hybridized carbons (Fsp3) is 0. The van der Waals surface area contributed by atoms with E-state index in [2.05, 4.69) is 5.32 Å². The predicted octanol–water partition coefficient (Wildman–Crippen LogP) is 1.74. The van der Waals surface area contributed by atoms with E-state index in [0.29, 0.717) is 5.69 Å². The van der Waals surface area contributed by atoms with Crippen molar-refractivity contribution in [1.82, 2.24) is 0 Å². The Bertz CT molecular complexity index is 404. The summed E-state index contributed by atoms with van der Waals surface area (Å²) in [6.45, 7) is 0. The van der Waals surface area contributed by atoms with Crippen LogP contribution in [0.2, 0.25) is 0 Å². The SMILES string of the molecule is N#CC(C#N)=CNc1ccc(O)cc1. The summed E-state index contributed by atoms with van der Waals surface area (Å²) in [6.07, 6.45) is 1.31. The van der Waals surface area contributed by atoms with E-state index >= 15 is 0 Å². The van der Waals surface area contributed by atoms with Gasteiger partial charge in [0.15, 0.2) is 0 Å². The van der Waals surface area contributed by atoms with Crippen LogP contribution in [0.4, 0.5) is 5.69 Å². The molecule has 4 heteroatoms. The molecule has 2 N–H and O–H groups in total. The molecule has 1 rings (SSSR count). The first-order valence-electron chi connectivity index (χ1n) is 3.82. The molecule has 0 amide bonds. The van der Waals surface area contributed by atoms with Gasteiger partial charge in [0.05, 0.1) is 0 Å². The number of anilines is 1. The zero-order valence-corrected chi connectivity index (χ0v) is 7.23. The molecular weight excluding hydrogens is 178 g/mol. The van der Waals surface area contributed by atoms with Gasteiger partial charge in [-0.15, -0.1) is 0 Å². The van der Waals surface area contributed by atoms with Crippen molar-refractivity contribution in [3.8, 4) is 17.9 Å². The van der Waals surface area contributed by atoms with Gasteiger partial charge >= 0.3 is 0 Å². The van der Waals surface area contributed by atoms with Crippen LogP contribution in [0.15, 0.2) is 36.0 Å². The van der Waals surface area contributed by atoms with Gasteiger partial charge in [-0.2, -0.15) is 10.5 Å². The minimum Gasteiger partial charge on any atom is -0.508 e. The van der Waals surface area contributed by atoms with Gasteiger partial charge in [0.1, 0.15) is 23.5 Å². The molecule has 1 aromatic carbocycles. The van der Waals surface area contributed by atoms with Crippen molar-refractivity contribution in [2.24, 2.45) is 0 Å². The normalized spacial score (nSPS) is 8.14. The van der Waals surface area contributed by atoms with E-state index in [1.165, 1.54) is 18.3 Å². The Hall–Kier alpha value is -2.46. The number of phenols is 1. The van der Waals surface area contributed by atoms with Crippen LogP contribution in [-0.4, -0.2) is 5.11 Å². The zero-order valence-electron chi connectivity index (χ0n) is 7.23. The van der Waals surface area contributed by atoms with Gasteiger partial charge in [-0.3, -0.25) is 0 Å². The molecule has 0 spiro atoms. The Morgan fingerprint density at radius 3 is 2.29 bits per heavy atom. The third-order valence-corrected chi connectivity index (χ3v) is 1.49. The summed E-state index contributed by atoms with van der Waals surface area (Å²) in [5, 5.41) is 28.6. The third-order valence-electron chi connectivity index (χ3n) is 1.49. The van der Waals surface area contributed by atoms with Gasteiger partial charge in [-0.05, 0) is 24.3 Å². The number of hydrogen-bond acceptors (Lipinski definition) is 4. The van der Waals surface area contributed by atoms with Gasteiger partial charge in [-0.25, -0.2) is 0 Å². The first-order chi connectivity index (χ1) is 6.76. The quantitative estimate of drug-likeness (QED) is 0.543. The van der Waals surface area contributed by atoms with E-state index in [4.69, 9.17) is 15.6 Å². The predicted molar refractivity (Wildman–Crippen MR) is 51.0 cm³/mol. The molecule has 14 heavy (non-hydrogen) atoms. The second kappa shape index (κ2) is 4.54. The van der Waals surface area contributed by atoms with E-state index in [1.807, 2.05) is 0 Å². The van der Waals surface area contributed by atoms with E-state index < -0.39 is 0 Å². The lowest BCUT2D eigenvalue weighted by molar-refractivity contribution is 0.475. The van der Waals surface area contributed by atoms with Crippen LogP contribution in [0.1, 0.15) is 0 Å². The largest absolute Gasteiger partial charge is 0.508 e. The summed E-state index contributed by atoms with van der Waals surface area (Å²) >= 11 is 0. The Labute approximate surface area is 81.3 Å². The van der Waals surface area contributed by atoms with Gasteiger partial charge < -0.3 is 10.4 Å². The standard InChI is InChI=1S/C10H7N3O/c11-5-8(6-12)7-13-9-1-3-10(14)4-2-9/h1-4,7,13-14H. The number of nitriles is 2. The number of benzene rings is 1. The van der Waals surface area contributed by atoms with Gasteiger partial charge in [-0.1, -0.05) is 0 Å². The highest BCUT2D eigenvalue weighted by Crippen LogP contribution is 2.13. The molecule has 0 bridgehead atoms. The molecule has 0 saturated carbocycles. The fourth-order valence-corrected chi connectivity index (χ4v) is 0.803. The lowest BCUT2D eigenvalue weighted by Gasteiger charge is -1.99. The average Bonchev–Trinajstić information content (AvgIpc) is 2.22. The molecule has 0 aliphatic rings. The maximum Gasteiger partial charge on any atom is 0.145 e. The number of nitrogens with zero attached hydrogens (tertiary/aromatic N) is 2. The minimum atomic E-state index is -0.00178. The zero-order chi connectivity index (χ0) is 10.4. The van der Waals surface area contributed by atoms with Crippen molar-refractivity contribution >= 4 is 5.69 Å². The van der Waals surface area contributed by atoms with Crippen molar-refractivity contribution < 1.29 is 5.11 Å². The molecule has 0 aliphatic heterocycles. The molecule has 0 unspecified atom stereocenters. The molecule has 0 atom stereocenters. The molecule has 0 aliphatic carbocycles. The summed E-state index contributed by atoms with van der Waals surface area (Å²) in [5.41, 5.74) is 0.698. The molecular formula is C10H7N3O.